The van der Waals surface area contributed by atoms with E-state index in [1.54, 1.807) is 0 Å². The van der Waals surface area contributed by atoms with Crippen molar-refractivity contribution in [2.45, 2.75) is 50.9 Å². The van der Waals surface area contributed by atoms with E-state index < -0.39 is 12.1 Å². The van der Waals surface area contributed by atoms with E-state index in [1.165, 1.54) is 24.3 Å². The number of nitrogens with one attached hydrogen (secondary N) is 1. The third-order valence-electron chi connectivity index (χ3n) is 4.78. The van der Waals surface area contributed by atoms with Crippen LogP contribution in [0.4, 0.5) is 18.9 Å². The molecule has 10 heteroatoms. The molecule has 2 fully saturated rings. The maximum Gasteiger partial charge on any atom is 0.573 e. The van der Waals surface area contributed by atoms with Crippen LogP contribution in [-0.4, -0.2) is 37.4 Å². The first-order chi connectivity index (χ1) is 12.7. The number of alkyl halides is 3. The van der Waals surface area contributed by atoms with Gasteiger partial charge in [-0.1, -0.05) is 6.92 Å². The number of anilines is 1. The highest BCUT2D eigenvalue weighted by atomic mass is 127. The smallest absolute Gasteiger partial charge is 0.406 e. The molecule has 6 nitrogen and oxygen atoms in total. The number of halogens is 4. The summed E-state index contributed by atoms with van der Waals surface area (Å²) in [6.07, 6.45) is -0.891. The number of guanidine groups is 1. The fraction of sp³-hybridized carbons (Fsp3) is 0.611. The molecule has 0 aromatic heterocycles. The zero-order chi connectivity index (χ0) is 19.5. The maximum atomic E-state index is 12.2. The molecule has 1 aliphatic carbocycles. The molecule has 3 rings (SSSR count). The zero-order valence-electron chi connectivity index (χ0n) is 15.5. The van der Waals surface area contributed by atoms with Crippen molar-refractivity contribution in [1.82, 2.24) is 0 Å². The van der Waals surface area contributed by atoms with Crippen molar-refractivity contribution in [3.05, 3.63) is 24.3 Å². The van der Waals surface area contributed by atoms with Crippen molar-refractivity contribution in [3.63, 3.8) is 0 Å². The van der Waals surface area contributed by atoms with Crippen molar-refractivity contribution in [2.75, 3.05) is 18.5 Å². The highest BCUT2D eigenvalue weighted by Gasteiger charge is 2.43. The molecule has 1 aromatic carbocycles. The lowest BCUT2D eigenvalue weighted by atomic mass is 9.86. The van der Waals surface area contributed by atoms with E-state index in [4.69, 9.17) is 15.2 Å². The van der Waals surface area contributed by atoms with Gasteiger partial charge in [-0.25, -0.2) is 0 Å². The van der Waals surface area contributed by atoms with Crippen molar-refractivity contribution in [2.24, 2.45) is 16.6 Å². The molecule has 28 heavy (non-hydrogen) atoms. The average molecular weight is 515 g/mol. The van der Waals surface area contributed by atoms with Crippen LogP contribution >= 0.6 is 24.0 Å². The van der Waals surface area contributed by atoms with Crippen LogP contribution in [0.3, 0.4) is 0 Å². The van der Waals surface area contributed by atoms with Crippen LogP contribution in [0.1, 0.15) is 32.6 Å². The van der Waals surface area contributed by atoms with Crippen molar-refractivity contribution < 1.29 is 27.4 Å². The van der Waals surface area contributed by atoms with Crippen LogP contribution in [0.2, 0.25) is 0 Å². The first-order valence-corrected chi connectivity index (χ1v) is 8.98. The maximum absolute atomic E-state index is 12.2. The topological polar surface area (TPSA) is 78.1 Å². The van der Waals surface area contributed by atoms with Crippen molar-refractivity contribution in [1.29, 1.82) is 0 Å². The summed E-state index contributed by atoms with van der Waals surface area (Å²) in [6, 6.07) is 5.25. The Kier molecular flexibility index (Phi) is 7.80. The number of hydrogen-bond acceptors (Lipinski definition) is 4. The molecule has 1 spiro atoms. The quantitative estimate of drug-likeness (QED) is 0.356. The third-order valence-corrected chi connectivity index (χ3v) is 4.78. The minimum atomic E-state index is -4.72. The SMILES string of the molecule is CC1CCC2(CC1)OCC(CN=C(N)Nc1ccc(OC(F)(F)F)cc1)O2.I. The highest BCUT2D eigenvalue weighted by molar-refractivity contribution is 14.0. The summed E-state index contributed by atoms with van der Waals surface area (Å²) in [6.45, 7) is 3.07. The van der Waals surface area contributed by atoms with Crippen molar-refractivity contribution >= 4 is 35.6 Å². The Morgan fingerprint density at radius 2 is 1.93 bits per heavy atom. The number of rotatable bonds is 4. The van der Waals surface area contributed by atoms with E-state index in [9.17, 15) is 13.2 Å². The predicted molar refractivity (Wildman–Crippen MR) is 110 cm³/mol. The molecule has 0 radical (unpaired) electrons. The molecule has 2 aliphatic rings. The minimum Gasteiger partial charge on any atom is -0.406 e. The second-order valence-electron chi connectivity index (χ2n) is 7.07. The summed E-state index contributed by atoms with van der Waals surface area (Å²) < 4.78 is 52.2. The third kappa shape index (κ3) is 6.66. The molecule has 1 heterocycles. The molecule has 158 valence electrons. The highest BCUT2D eigenvalue weighted by Crippen LogP contribution is 2.39. The average Bonchev–Trinajstić information content (AvgIpc) is 3.00. The summed E-state index contributed by atoms with van der Waals surface area (Å²) in [5.74, 6) is 0.0876. The molecule has 1 saturated carbocycles. The van der Waals surface area contributed by atoms with Gasteiger partial charge in [0, 0.05) is 18.5 Å². The largest absolute Gasteiger partial charge is 0.573 e. The van der Waals surface area contributed by atoms with E-state index in [1.807, 2.05) is 0 Å². The summed E-state index contributed by atoms with van der Waals surface area (Å²) >= 11 is 0. The molecule has 0 bridgehead atoms. The molecule has 1 aromatic rings. The minimum absolute atomic E-state index is 0. The van der Waals surface area contributed by atoms with E-state index >= 15 is 0 Å². The number of hydrogen-bond donors (Lipinski definition) is 2. The van der Waals surface area contributed by atoms with E-state index in [2.05, 4.69) is 22.0 Å². The second-order valence-corrected chi connectivity index (χ2v) is 7.07. The van der Waals surface area contributed by atoms with Gasteiger partial charge >= 0.3 is 6.36 Å². The van der Waals surface area contributed by atoms with Crippen LogP contribution in [0.25, 0.3) is 0 Å². The van der Waals surface area contributed by atoms with Gasteiger partial charge in [-0.15, -0.1) is 37.1 Å². The van der Waals surface area contributed by atoms with Gasteiger partial charge in [0.25, 0.3) is 0 Å². The first kappa shape index (κ1) is 23.0. The molecule has 1 aliphatic heterocycles. The van der Waals surface area contributed by atoms with Gasteiger partial charge in [0.05, 0.1) is 13.2 Å². The number of benzene rings is 1. The van der Waals surface area contributed by atoms with Gasteiger partial charge in [0.2, 0.25) is 0 Å². The number of nitrogens with two attached hydrogens (primary N) is 1. The van der Waals surface area contributed by atoms with Crippen LogP contribution in [0.15, 0.2) is 29.3 Å². The Bertz CT molecular complexity index is 662. The Labute approximate surface area is 179 Å². The van der Waals surface area contributed by atoms with Crippen LogP contribution in [-0.2, 0) is 9.47 Å². The molecular weight excluding hydrogens is 490 g/mol. The van der Waals surface area contributed by atoms with Gasteiger partial charge in [-0.3, -0.25) is 4.99 Å². The Balaban J connectivity index is 0.00000280. The lowest BCUT2D eigenvalue weighted by molar-refractivity contribution is -0.274. The van der Waals surface area contributed by atoms with Gasteiger partial charge in [0.15, 0.2) is 11.7 Å². The van der Waals surface area contributed by atoms with Crippen LogP contribution < -0.4 is 15.8 Å². The fourth-order valence-electron chi connectivity index (χ4n) is 3.30. The molecule has 1 unspecified atom stereocenters. The lowest BCUT2D eigenvalue weighted by Crippen LogP contribution is -2.35. The Morgan fingerprint density at radius 3 is 2.54 bits per heavy atom. The standard InChI is InChI=1S/C18H24F3N3O3.HI/c1-12-6-8-17(9-7-12)25-11-15(26-17)10-23-16(22)24-13-2-4-14(5-3-13)27-18(19,20)21;/h2-5,12,15H,6-11H2,1H3,(H3,22,23,24);1H. The van der Waals surface area contributed by atoms with Gasteiger partial charge < -0.3 is 25.3 Å². The van der Waals surface area contributed by atoms with E-state index in [-0.39, 0.29) is 41.8 Å². The van der Waals surface area contributed by atoms with Crippen LogP contribution in [0, 0.1) is 5.92 Å². The molecule has 3 N–H and O–H groups in total. The molecule has 1 saturated heterocycles. The van der Waals surface area contributed by atoms with E-state index in [0.717, 1.165) is 25.7 Å². The number of nitrogens with zero attached hydrogens (tertiary/aromatic N) is 1. The predicted octanol–water partition coefficient (Wildman–Crippen LogP) is 4.25. The zero-order valence-corrected chi connectivity index (χ0v) is 17.8. The molecular formula is C18H25F3IN3O3. The van der Waals surface area contributed by atoms with Gasteiger partial charge in [-0.2, -0.15) is 0 Å². The summed E-state index contributed by atoms with van der Waals surface area (Å²) in [5.41, 5.74) is 6.35. The first-order valence-electron chi connectivity index (χ1n) is 8.98. The Hall–Kier alpha value is -1.27. The summed E-state index contributed by atoms with van der Waals surface area (Å²) in [5, 5.41) is 2.83. The molecule has 0 amide bonds. The summed E-state index contributed by atoms with van der Waals surface area (Å²) in [4.78, 5) is 4.24. The molecule has 1 atom stereocenters. The Morgan fingerprint density at radius 1 is 1.29 bits per heavy atom. The van der Waals surface area contributed by atoms with Gasteiger partial charge in [-0.05, 0) is 43.0 Å². The van der Waals surface area contributed by atoms with Gasteiger partial charge in [0.1, 0.15) is 11.9 Å². The lowest BCUT2D eigenvalue weighted by Gasteiger charge is -2.34. The van der Waals surface area contributed by atoms with Crippen molar-refractivity contribution in [3.8, 4) is 5.75 Å². The number of aliphatic imine (C=N–C) groups is 1. The summed E-state index contributed by atoms with van der Waals surface area (Å²) in [7, 11) is 0. The normalized spacial score (nSPS) is 28.1. The number of ether oxygens (including phenoxy) is 3. The monoisotopic (exact) mass is 515 g/mol. The fourth-order valence-corrected chi connectivity index (χ4v) is 3.30. The van der Waals surface area contributed by atoms with E-state index in [0.29, 0.717) is 24.8 Å². The van der Waals surface area contributed by atoms with Crippen LogP contribution in [0.5, 0.6) is 5.75 Å². The second kappa shape index (κ2) is 9.49.